The molecule has 7 heteroatoms. The van der Waals surface area contributed by atoms with Gasteiger partial charge < -0.3 is 9.84 Å². The molecule has 1 heterocycles. The maximum Gasteiger partial charge on any atom is 0.311 e. The molecule has 0 fully saturated rings. The van der Waals surface area contributed by atoms with Crippen molar-refractivity contribution in [2.45, 2.75) is 6.42 Å². The van der Waals surface area contributed by atoms with Crippen LogP contribution in [0.25, 0.3) is 0 Å². The predicted molar refractivity (Wildman–Crippen MR) is 73.9 cm³/mol. The number of nitrogens with one attached hydrogen (secondary N) is 1. The third-order valence-corrected chi connectivity index (χ3v) is 3.24. The van der Waals surface area contributed by atoms with E-state index in [1.807, 2.05) is 0 Å². The molecule has 0 spiro atoms. The number of hydrogen-bond acceptors (Lipinski definition) is 6. The molecule has 1 aromatic carbocycles. The Labute approximate surface area is 119 Å². The SMILES string of the molecule is COC(=O)Cc1csc(NC(=O)c2cccc(O)c2)n1. The molecule has 20 heavy (non-hydrogen) atoms. The van der Waals surface area contributed by atoms with Crippen molar-refractivity contribution < 1.29 is 19.4 Å². The van der Waals surface area contributed by atoms with Crippen LogP contribution >= 0.6 is 11.3 Å². The number of aromatic nitrogens is 1. The zero-order chi connectivity index (χ0) is 14.5. The van der Waals surface area contributed by atoms with E-state index in [2.05, 4.69) is 15.0 Å². The van der Waals surface area contributed by atoms with Gasteiger partial charge in [-0.1, -0.05) is 6.07 Å². The average Bonchev–Trinajstić information content (AvgIpc) is 2.85. The van der Waals surface area contributed by atoms with Gasteiger partial charge in [-0.15, -0.1) is 11.3 Å². The van der Waals surface area contributed by atoms with Crippen molar-refractivity contribution in [1.29, 1.82) is 0 Å². The van der Waals surface area contributed by atoms with Crippen LogP contribution in [0.3, 0.4) is 0 Å². The minimum absolute atomic E-state index is 0.0168. The molecule has 1 amide bonds. The smallest absolute Gasteiger partial charge is 0.311 e. The zero-order valence-electron chi connectivity index (χ0n) is 10.6. The first-order chi connectivity index (χ1) is 9.58. The van der Waals surface area contributed by atoms with Gasteiger partial charge in [0.2, 0.25) is 0 Å². The van der Waals surface area contributed by atoms with E-state index in [-0.39, 0.29) is 24.0 Å². The fraction of sp³-hybridized carbons (Fsp3) is 0.154. The summed E-state index contributed by atoms with van der Waals surface area (Å²) in [5.41, 5.74) is 0.864. The largest absolute Gasteiger partial charge is 0.508 e. The first kappa shape index (κ1) is 14.0. The number of phenols is 1. The maximum atomic E-state index is 11.9. The lowest BCUT2D eigenvalue weighted by molar-refractivity contribution is -0.139. The number of carbonyl (C=O) groups is 2. The lowest BCUT2D eigenvalue weighted by atomic mass is 10.2. The first-order valence-electron chi connectivity index (χ1n) is 5.70. The van der Waals surface area contributed by atoms with Crippen LogP contribution in [0, 0.1) is 0 Å². The van der Waals surface area contributed by atoms with Crippen molar-refractivity contribution in [2.24, 2.45) is 0 Å². The number of aromatic hydroxyl groups is 1. The quantitative estimate of drug-likeness (QED) is 0.839. The van der Waals surface area contributed by atoms with Gasteiger partial charge in [0.05, 0.1) is 19.2 Å². The molecule has 0 saturated heterocycles. The number of rotatable bonds is 4. The fourth-order valence-electron chi connectivity index (χ4n) is 1.48. The van der Waals surface area contributed by atoms with Crippen LogP contribution in [-0.4, -0.2) is 29.1 Å². The van der Waals surface area contributed by atoms with Crippen molar-refractivity contribution in [3.63, 3.8) is 0 Å². The molecule has 2 aromatic rings. The Morgan fingerprint density at radius 2 is 2.25 bits per heavy atom. The standard InChI is InChI=1S/C13H12N2O4S/c1-19-11(17)6-9-7-20-13(14-9)15-12(18)8-3-2-4-10(16)5-8/h2-5,7,16H,6H2,1H3,(H,14,15,18). The third-order valence-electron chi connectivity index (χ3n) is 2.43. The van der Waals surface area contributed by atoms with Crippen LogP contribution in [0.4, 0.5) is 5.13 Å². The van der Waals surface area contributed by atoms with Gasteiger partial charge in [-0.25, -0.2) is 4.98 Å². The number of hydrogen-bond donors (Lipinski definition) is 2. The van der Waals surface area contributed by atoms with Crippen molar-refractivity contribution in [1.82, 2.24) is 4.98 Å². The minimum atomic E-state index is -0.388. The molecule has 2 rings (SSSR count). The van der Waals surface area contributed by atoms with E-state index in [0.717, 1.165) is 0 Å². The summed E-state index contributed by atoms with van der Waals surface area (Å²) < 4.78 is 4.54. The summed E-state index contributed by atoms with van der Waals surface area (Å²) in [5.74, 6) is -0.746. The van der Waals surface area contributed by atoms with Crippen LogP contribution in [0.15, 0.2) is 29.6 Å². The lowest BCUT2D eigenvalue weighted by Gasteiger charge is -2.01. The summed E-state index contributed by atoms with van der Waals surface area (Å²) in [7, 11) is 1.30. The summed E-state index contributed by atoms with van der Waals surface area (Å²) >= 11 is 1.22. The van der Waals surface area contributed by atoms with Gasteiger partial charge in [-0.3, -0.25) is 14.9 Å². The number of methoxy groups -OCH3 is 1. The summed E-state index contributed by atoms with van der Waals surface area (Å²) in [6, 6.07) is 6.00. The molecule has 0 atom stereocenters. The minimum Gasteiger partial charge on any atom is -0.508 e. The van der Waals surface area contributed by atoms with Gasteiger partial charge in [0.15, 0.2) is 5.13 Å². The van der Waals surface area contributed by atoms with Gasteiger partial charge in [0.25, 0.3) is 5.91 Å². The Morgan fingerprint density at radius 1 is 1.45 bits per heavy atom. The molecule has 0 bridgehead atoms. The molecule has 6 nitrogen and oxygen atoms in total. The highest BCUT2D eigenvalue weighted by molar-refractivity contribution is 7.14. The summed E-state index contributed by atoms with van der Waals surface area (Å²) in [4.78, 5) is 27.1. The average molecular weight is 292 g/mol. The van der Waals surface area contributed by atoms with Gasteiger partial charge in [-0.05, 0) is 18.2 Å². The van der Waals surface area contributed by atoms with E-state index < -0.39 is 0 Å². The molecule has 104 valence electrons. The van der Waals surface area contributed by atoms with Crippen molar-refractivity contribution in [2.75, 3.05) is 12.4 Å². The highest BCUT2D eigenvalue weighted by Gasteiger charge is 2.11. The predicted octanol–water partition coefficient (Wildman–Crippen LogP) is 1.82. The lowest BCUT2D eigenvalue weighted by Crippen LogP contribution is -2.11. The number of thiazole rings is 1. The number of phenolic OH excluding ortho intramolecular Hbond substituents is 1. The Hall–Kier alpha value is -2.41. The van der Waals surface area contributed by atoms with E-state index in [1.165, 1.54) is 30.6 Å². The number of anilines is 1. The van der Waals surface area contributed by atoms with E-state index in [9.17, 15) is 14.7 Å². The molecule has 0 radical (unpaired) electrons. The highest BCUT2D eigenvalue weighted by Crippen LogP contribution is 2.18. The molecule has 0 aliphatic carbocycles. The van der Waals surface area contributed by atoms with Crippen LogP contribution in [0.5, 0.6) is 5.75 Å². The Bertz CT molecular complexity index is 639. The number of carbonyl (C=O) groups excluding carboxylic acids is 2. The first-order valence-corrected chi connectivity index (χ1v) is 6.58. The molecule has 2 N–H and O–H groups in total. The van der Waals surface area contributed by atoms with Crippen molar-refractivity contribution in [3.8, 4) is 5.75 Å². The summed E-state index contributed by atoms with van der Waals surface area (Å²) in [6.45, 7) is 0. The second-order valence-corrected chi connectivity index (χ2v) is 4.76. The Morgan fingerprint density at radius 3 is 2.95 bits per heavy atom. The van der Waals surface area contributed by atoms with Crippen LogP contribution in [-0.2, 0) is 16.0 Å². The highest BCUT2D eigenvalue weighted by atomic mass is 32.1. The summed E-state index contributed by atoms with van der Waals surface area (Å²) in [5, 5.41) is 14.0. The second-order valence-electron chi connectivity index (χ2n) is 3.90. The van der Waals surface area contributed by atoms with E-state index in [1.54, 1.807) is 17.5 Å². The number of ether oxygens (including phenoxy) is 1. The summed E-state index contributed by atoms with van der Waals surface area (Å²) in [6.07, 6.45) is 0.0645. The van der Waals surface area contributed by atoms with Crippen molar-refractivity contribution in [3.05, 3.63) is 40.9 Å². The molecule has 0 aliphatic heterocycles. The molecule has 1 aromatic heterocycles. The van der Waals surface area contributed by atoms with Crippen LogP contribution in [0.1, 0.15) is 16.1 Å². The zero-order valence-corrected chi connectivity index (χ0v) is 11.4. The fourth-order valence-corrected chi connectivity index (χ4v) is 2.19. The third kappa shape index (κ3) is 3.55. The van der Waals surface area contributed by atoms with Gasteiger partial charge in [0, 0.05) is 10.9 Å². The van der Waals surface area contributed by atoms with Gasteiger partial charge in [0.1, 0.15) is 5.75 Å². The maximum absolute atomic E-state index is 11.9. The molecule has 0 unspecified atom stereocenters. The Kier molecular flexibility index (Phi) is 4.31. The normalized spacial score (nSPS) is 10.1. The van der Waals surface area contributed by atoms with E-state index in [0.29, 0.717) is 16.4 Å². The van der Waals surface area contributed by atoms with Crippen molar-refractivity contribution >= 4 is 28.3 Å². The van der Waals surface area contributed by atoms with Gasteiger partial charge in [-0.2, -0.15) is 0 Å². The Balaban J connectivity index is 2.03. The number of amides is 1. The second kappa shape index (κ2) is 6.16. The number of nitrogens with zero attached hydrogens (tertiary/aromatic N) is 1. The molecular weight excluding hydrogens is 280 g/mol. The van der Waals surface area contributed by atoms with Crippen LogP contribution < -0.4 is 5.32 Å². The topological polar surface area (TPSA) is 88.5 Å². The molecule has 0 saturated carbocycles. The number of benzene rings is 1. The number of esters is 1. The van der Waals surface area contributed by atoms with E-state index >= 15 is 0 Å². The molecule has 0 aliphatic rings. The van der Waals surface area contributed by atoms with Gasteiger partial charge >= 0.3 is 5.97 Å². The van der Waals surface area contributed by atoms with E-state index in [4.69, 9.17) is 0 Å². The molecular formula is C13H12N2O4S. The monoisotopic (exact) mass is 292 g/mol. The van der Waals surface area contributed by atoms with Crippen LogP contribution in [0.2, 0.25) is 0 Å².